The van der Waals surface area contributed by atoms with E-state index in [-0.39, 0.29) is 5.91 Å². The Morgan fingerprint density at radius 1 is 1.39 bits per heavy atom. The van der Waals surface area contributed by atoms with Gasteiger partial charge in [0, 0.05) is 17.3 Å². The molecule has 0 saturated carbocycles. The lowest BCUT2D eigenvalue weighted by Crippen LogP contribution is -2.22. The van der Waals surface area contributed by atoms with Gasteiger partial charge in [-0.15, -0.1) is 0 Å². The number of hydrogen-bond donors (Lipinski definition) is 3. The highest BCUT2D eigenvalue weighted by Crippen LogP contribution is 2.20. The van der Waals surface area contributed by atoms with Crippen molar-refractivity contribution in [1.29, 1.82) is 0 Å². The van der Waals surface area contributed by atoms with E-state index in [1.54, 1.807) is 6.07 Å². The number of nitrogens with one attached hydrogen (secondary N) is 2. The topological polar surface area (TPSA) is 67.2 Å². The van der Waals surface area contributed by atoms with Gasteiger partial charge in [0.2, 0.25) is 5.91 Å². The zero-order valence-corrected chi connectivity index (χ0v) is 10.8. The molecule has 0 bridgehead atoms. The summed E-state index contributed by atoms with van der Waals surface area (Å²) >= 11 is 0. The maximum atomic E-state index is 11.1. The molecule has 4 nitrogen and oxygen atoms in total. The Balaban J connectivity index is 2.06. The molecule has 4 N–H and O–H groups in total. The lowest BCUT2D eigenvalue weighted by Gasteiger charge is -2.19. The maximum absolute atomic E-state index is 11.1. The van der Waals surface area contributed by atoms with Crippen molar-refractivity contribution in [3.63, 3.8) is 0 Å². The standard InChI is InChI=1S/C14H21N3O/c1-10-9-11(14(15)18)4-5-13(10)17-12-3-2-7-16-8-6-12/h4-5,9,12,16-17H,2-3,6-8H2,1H3,(H2,15,18). The molecule has 1 unspecified atom stereocenters. The second-order valence-electron chi connectivity index (χ2n) is 4.92. The molecule has 1 saturated heterocycles. The molecule has 1 aliphatic heterocycles. The minimum absolute atomic E-state index is 0.372. The number of rotatable bonds is 3. The summed E-state index contributed by atoms with van der Waals surface area (Å²) in [5.74, 6) is -0.372. The SMILES string of the molecule is Cc1cc(C(N)=O)ccc1NC1CCCNCC1. The first kappa shape index (κ1) is 12.9. The molecule has 1 aromatic rings. The van der Waals surface area contributed by atoms with Crippen LogP contribution in [0, 0.1) is 6.92 Å². The van der Waals surface area contributed by atoms with Crippen LogP contribution in [0.1, 0.15) is 35.2 Å². The number of benzene rings is 1. The van der Waals surface area contributed by atoms with Gasteiger partial charge < -0.3 is 16.4 Å². The maximum Gasteiger partial charge on any atom is 0.248 e. The first-order chi connectivity index (χ1) is 8.66. The van der Waals surface area contributed by atoms with Crippen molar-refractivity contribution in [1.82, 2.24) is 5.32 Å². The van der Waals surface area contributed by atoms with Crippen LogP contribution < -0.4 is 16.4 Å². The number of amides is 1. The number of aryl methyl sites for hydroxylation is 1. The molecule has 0 radical (unpaired) electrons. The van der Waals surface area contributed by atoms with Crippen LogP contribution in [0.4, 0.5) is 5.69 Å². The number of hydrogen-bond acceptors (Lipinski definition) is 3. The monoisotopic (exact) mass is 247 g/mol. The Morgan fingerprint density at radius 3 is 2.94 bits per heavy atom. The highest BCUT2D eigenvalue weighted by Gasteiger charge is 2.12. The Kier molecular flexibility index (Phi) is 4.20. The van der Waals surface area contributed by atoms with E-state index >= 15 is 0 Å². The van der Waals surface area contributed by atoms with E-state index in [0.717, 1.165) is 30.8 Å². The third kappa shape index (κ3) is 3.23. The van der Waals surface area contributed by atoms with Gasteiger partial charge in [0.05, 0.1) is 0 Å². The Bertz CT molecular complexity index is 423. The molecule has 0 spiro atoms. The number of anilines is 1. The van der Waals surface area contributed by atoms with Gasteiger partial charge in [-0.2, -0.15) is 0 Å². The fourth-order valence-corrected chi connectivity index (χ4v) is 2.36. The van der Waals surface area contributed by atoms with Crippen LogP contribution in [-0.2, 0) is 0 Å². The average Bonchev–Trinajstić information content (AvgIpc) is 2.60. The van der Waals surface area contributed by atoms with E-state index in [1.165, 1.54) is 12.8 Å². The van der Waals surface area contributed by atoms with Crippen LogP contribution in [0.2, 0.25) is 0 Å². The van der Waals surface area contributed by atoms with Gasteiger partial charge >= 0.3 is 0 Å². The molecule has 1 amide bonds. The zero-order valence-electron chi connectivity index (χ0n) is 10.8. The first-order valence-electron chi connectivity index (χ1n) is 6.54. The third-order valence-electron chi connectivity index (χ3n) is 3.45. The van der Waals surface area contributed by atoms with Crippen molar-refractivity contribution in [2.45, 2.75) is 32.2 Å². The Labute approximate surface area is 108 Å². The highest BCUT2D eigenvalue weighted by atomic mass is 16.1. The molecule has 1 aliphatic rings. The van der Waals surface area contributed by atoms with Crippen LogP contribution in [-0.4, -0.2) is 25.0 Å². The lowest BCUT2D eigenvalue weighted by atomic mass is 10.1. The molecule has 0 aliphatic carbocycles. The van der Waals surface area contributed by atoms with Crippen LogP contribution in [0.3, 0.4) is 0 Å². The van der Waals surface area contributed by atoms with Crippen molar-refractivity contribution in [3.05, 3.63) is 29.3 Å². The lowest BCUT2D eigenvalue weighted by molar-refractivity contribution is 0.1000. The van der Waals surface area contributed by atoms with Crippen molar-refractivity contribution < 1.29 is 4.79 Å². The summed E-state index contributed by atoms with van der Waals surface area (Å²) in [7, 11) is 0. The van der Waals surface area contributed by atoms with Crippen molar-refractivity contribution >= 4 is 11.6 Å². The summed E-state index contributed by atoms with van der Waals surface area (Å²) < 4.78 is 0. The minimum Gasteiger partial charge on any atom is -0.382 e. The number of carbonyl (C=O) groups is 1. The fraction of sp³-hybridized carbons (Fsp3) is 0.500. The molecule has 18 heavy (non-hydrogen) atoms. The quantitative estimate of drug-likeness (QED) is 0.761. The Morgan fingerprint density at radius 2 is 2.22 bits per heavy atom. The summed E-state index contributed by atoms with van der Waals surface area (Å²) in [4.78, 5) is 11.1. The minimum atomic E-state index is -0.372. The van der Waals surface area contributed by atoms with Crippen LogP contribution >= 0.6 is 0 Å². The normalized spacial score (nSPS) is 20.2. The molecule has 1 aromatic carbocycles. The third-order valence-corrected chi connectivity index (χ3v) is 3.45. The predicted octanol–water partition coefficient (Wildman–Crippen LogP) is 1.65. The van der Waals surface area contributed by atoms with E-state index in [9.17, 15) is 4.79 Å². The van der Waals surface area contributed by atoms with Gasteiger partial charge in [0.25, 0.3) is 0 Å². The molecule has 1 heterocycles. The van der Waals surface area contributed by atoms with Gasteiger partial charge in [-0.05, 0) is 63.0 Å². The van der Waals surface area contributed by atoms with Gasteiger partial charge in [0.1, 0.15) is 0 Å². The average molecular weight is 247 g/mol. The molecule has 4 heteroatoms. The van der Waals surface area contributed by atoms with E-state index in [0.29, 0.717) is 11.6 Å². The fourth-order valence-electron chi connectivity index (χ4n) is 2.36. The second-order valence-corrected chi connectivity index (χ2v) is 4.92. The summed E-state index contributed by atoms with van der Waals surface area (Å²) in [6, 6.07) is 6.10. The van der Waals surface area contributed by atoms with Crippen LogP contribution in [0.25, 0.3) is 0 Å². The van der Waals surface area contributed by atoms with E-state index in [2.05, 4.69) is 10.6 Å². The van der Waals surface area contributed by atoms with E-state index in [4.69, 9.17) is 5.73 Å². The molecule has 98 valence electrons. The summed E-state index contributed by atoms with van der Waals surface area (Å²) in [6.45, 7) is 4.18. The summed E-state index contributed by atoms with van der Waals surface area (Å²) in [5.41, 5.74) is 8.02. The smallest absolute Gasteiger partial charge is 0.248 e. The zero-order chi connectivity index (χ0) is 13.0. The molecular weight excluding hydrogens is 226 g/mol. The Hall–Kier alpha value is -1.55. The molecule has 2 rings (SSSR count). The van der Waals surface area contributed by atoms with Gasteiger partial charge in [-0.25, -0.2) is 0 Å². The number of carbonyl (C=O) groups excluding carboxylic acids is 1. The number of nitrogens with two attached hydrogens (primary N) is 1. The largest absolute Gasteiger partial charge is 0.382 e. The molecule has 1 fully saturated rings. The van der Waals surface area contributed by atoms with Gasteiger partial charge in [0.15, 0.2) is 0 Å². The number of primary amides is 1. The predicted molar refractivity (Wildman–Crippen MR) is 73.8 cm³/mol. The van der Waals surface area contributed by atoms with Crippen LogP contribution in [0.5, 0.6) is 0 Å². The van der Waals surface area contributed by atoms with Crippen molar-refractivity contribution in [2.24, 2.45) is 5.73 Å². The van der Waals surface area contributed by atoms with E-state index < -0.39 is 0 Å². The molecule has 1 atom stereocenters. The van der Waals surface area contributed by atoms with Crippen molar-refractivity contribution in [2.75, 3.05) is 18.4 Å². The molecule has 0 aromatic heterocycles. The highest BCUT2D eigenvalue weighted by molar-refractivity contribution is 5.93. The summed E-state index contributed by atoms with van der Waals surface area (Å²) in [5, 5.41) is 6.96. The molecular formula is C14H21N3O. The second kappa shape index (κ2) is 5.87. The van der Waals surface area contributed by atoms with Gasteiger partial charge in [-0.1, -0.05) is 0 Å². The van der Waals surface area contributed by atoms with Crippen molar-refractivity contribution in [3.8, 4) is 0 Å². The summed E-state index contributed by atoms with van der Waals surface area (Å²) in [6.07, 6.45) is 3.52. The first-order valence-corrected chi connectivity index (χ1v) is 6.54. The van der Waals surface area contributed by atoms with E-state index in [1.807, 2.05) is 19.1 Å². The van der Waals surface area contributed by atoms with Crippen LogP contribution in [0.15, 0.2) is 18.2 Å². The van der Waals surface area contributed by atoms with Gasteiger partial charge in [-0.3, -0.25) is 4.79 Å².